The summed E-state index contributed by atoms with van der Waals surface area (Å²) in [5.41, 5.74) is 3.78. The van der Waals surface area contributed by atoms with Crippen LogP contribution in [0.4, 0.5) is 32.6 Å². The summed E-state index contributed by atoms with van der Waals surface area (Å²) < 4.78 is 10.5. The molecule has 6 aromatic rings. The van der Waals surface area contributed by atoms with Crippen LogP contribution in [-0.4, -0.2) is 169 Å². The molecule has 23 nitrogen and oxygen atoms in total. The number of benzene rings is 2. The third-order valence-corrected chi connectivity index (χ3v) is 12.0. The Labute approximate surface area is 408 Å². The number of aromatic nitrogens is 6. The van der Waals surface area contributed by atoms with E-state index in [2.05, 4.69) is 50.4 Å². The van der Waals surface area contributed by atoms with Crippen molar-refractivity contribution in [1.29, 1.82) is 0 Å². The van der Waals surface area contributed by atoms with Gasteiger partial charge in [0.15, 0.2) is 5.78 Å². The second kappa shape index (κ2) is 20.7. The number of rotatable bonds is 7. The van der Waals surface area contributed by atoms with Gasteiger partial charge in [0.25, 0.3) is 11.4 Å². The quantitative estimate of drug-likeness (QED) is 0.122. The summed E-state index contributed by atoms with van der Waals surface area (Å²) in [6.07, 6.45) is 2.86. The van der Waals surface area contributed by atoms with Crippen LogP contribution >= 0.6 is 0 Å². The molecule has 71 heavy (non-hydrogen) atoms. The van der Waals surface area contributed by atoms with Crippen molar-refractivity contribution >= 4 is 62.8 Å². The van der Waals surface area contributed by atoms with E-state index in [9.17, 15) is 34.6 Å². The maximum absolute atomic E-state index is 12.2. The van der Waals surface area contributed by atoms with Gasteiger partial charge in [0.2, 0.25) is 0 Å². The second-order valence-corrected chi connectivity index (χ2v) is 19.6. The molecule has 0 spiro atoms. The molecule has 8 heterocycles. The number of hydrogen-bond donors (Lipinski definition) is 3. The Morgan fingerprint density at radius 3 is 1.52 bits per heavy atom. The fourth-order valence-electron chi connectivity index (χ4n) is 8.36. The van der Waals surface area contributed by atoms with Gasteiger partial charge in [0, 0.05) is 130 Å². The fraction of sp³-hybridized carbons (Fsp3) is 0.438. The first kappa shape index (κ1) is 49.6. The third kappa shape index (κ3) is 12.2. The maximum atomic E-state index is 12.2. The number of likely N-dealkylation sites (tertiary alicyclic amines) is 2. The molecule has 0 aliphatic carbocycles. The molecule has 0 radical (unpaired) electrons. The lowest BCUT2D eigenvalue weighted by molar-refractivity contribution is -0.384. The number of hydrogen-bond acceptors (Lipinski definition) is 17. The maximum Gasteiger partial charge on any atom is 0.411 e. The number of amides is 2. The Morgan fingerprint density at radius 1 is 0.634 bits per heavy atom. The standard InChI is InChI=1S/C24H29N7O4.C16H16N6O2.C8H13NO3/c1-24(2,3)35-23(32)30-14-18(15-30)28-8-10-29(11-9-28)21-12-16(6-7-25-21)22-19-13-17(31(33)34)4-5-20(19)26-27-22;23-22(24)12-1-2-14-13(10-12)16(20-19-14)11-3-4-18-15(9-11)21-7-5-17-6-8-21;1-8(2,3)12-7(11)9-4-6(10)5-9/h4-7,12-13,18H,8-11,14-15H2,1-3H3,(H,26,27);1-4,9-10,17H,5-8H2,(H,19,20);4-5H2,1-3H3. The number of nitro benzene ring substituents is 2. The Hall–Kier alpha value is -7.79. The summed E-state index contributed by atoms with van der Waals surface area (Å²) >= 11 is 0. The number of ether oxygens (including phenoxy) is 2. The number of nitrogens with one attached hydrogen (secondary N) is 3. The van der Waals surface area contributed by atoms with Crippen LogP contribution < -0.4 is 15.1 Å². The number of ketones is 1. The summed E-state index contributed by atoms with van der Waals surface area (Å²) in [6.45, 7) is 19.9. The average Bonchev–Trinajstić information content (AvgIpc) is 3.94. The Balaban J connectivity index is 0.000000161. The van der Waals surface area contributed by atoms with E-state index in [1.165, 1.54) is 17.0 Å². The zero-order valence-corrected chi connectivity index (χ0v) is 40.6. The molecule has 0 bridgehead atoms. The van der Waals surface area contributed by atoms with E-state index in [0.717, 1.165) is 91.5 Å². The monoisotopic (exact) mass is 974 g/mol. The van der Waals surface area contributed by atoms with Gasteiger partial charge in [-0.15, -0.1) is 0 Å². The summed E-state index contributed by atoms with van der Waals surface area (Å²) in [5.74, 6) is 1.84. The van der Waals surface area contributed by atoms with Crippen molar-refractivity contribution in [2.45, 2.75) is 58.8 Å². The molecule has 374 valence electrons. The lowest BCUT2D eigenvalue weighted by Crippen LogP contribution is -2.64. The molecule has 2 amide bonds. The van der Waals surface area contributed by atoms with E-state index in [4.69, 9.17) is 9.47 Å². The number of fused-ring (bicyclic) bond motifs is 2. The number of carbonyl (C=O) groups excluding carboxylic acids is 3. The van der Waals surface area contributed by atoms with Crippen molar-refractivity contribution in [3.05, 3.63) is 93.3 Å². The van der Waals surface area contributed by atoms with Crippen molar-refractivity contribution in [1.82, 2.24) is 50.4 Å². The number of H-pyrrole nitrogens is 2. The number of carbonyl (C=O) groups is 3. The highest BCUT2D eigenvalue weighted by atomic mass is 16.6. The normalized spacial score (nSPS) is 16.6. The van der Waals surface area contributed by atoms with Gasteiger partial charge in [-0.2, -0.15) is 10.2 Å². The van der Waals surface area contributed by atoms with E-state index in [0.29, 0.717) is 35.9 Å². The number of nitro groups is 2. The Bertz CT molecular complexity index is 2920. The molecule has 4 fully saturated rings. The summed E-state index contributed by atoms with van der Waals surface area (Å²) in [6, 6.07) is 17.5. The minimum absolute atomic E-state index is 0.0341. The van der Waals surface area contributed by atoms with Gasteiger partial charge in [-0.1, -0.05) is 0 Å². The number of aromatic amines is 2. The first-order valence-corrected chi connectivity index (χ1v) is 23.4. The lowest BCUT2D eigenvalue weighted by Gasteiger charge is -2.48. The van der Waals surface area contributed by atoms with E-state index in [1.54, 1.807) is 62.3 Å². The summed E-state index contributed by atoms with van der Waals surface area (Å²) in [4.78, 5) is 74.3. The Morgan fingerprint density at radius 2 is 1.08 bits per heavy atom. The smallest absolute Gasteiger partial charge is 0.411 e. The number of pyridine rings is 2. The van der Waals surface area contributed by atoms with Gasteiger partial charge >= 0.3 is 12.2 Å². The molecule has 4 aliphatic heterocycles. The van der Waals surface area contributed by atoms with Crippen LogP contribution in [0.15, 0.2) is 73.1 Å². The van der Waals surface area contributed by atoms with Crippen LogP contribution in [-0.2, 0) is 14.3 Å². The molecule has 0 saturated carbocycles. The highest BCUT2D eigenvalue weighted by Gasteiger charge is 2.38. The summed E-state index contributed by atoms with van der Waals surface area (Å²) in [5, 5.41) is 41.6. The van der Waals surface area contributed by atoms with E-state index in [-0.39, 0.29) is 36.3 Å². The first-order chi connectivity index (χ1) is 33.8. The molecule has 0 atom stereocenters. The number of nitrogens with zero attached hydrogens (tertiary/aromatic N) is 11. The molecule has 4 aromatic heterocycles. The minimum Gasteiger partial charge on any atom is -0.444 e. The van der Waals surface area contributed by atoms with Crippen LogP contribution in [0.25, 0.3) is 44.3 Å². The zero-order valence-electron chi connectivity index (χ0n) is 40.6. The first-order valence-electron chi connectivity index (χ1n) is 23.4. The lowest BCUT2D eigenvalue weighted by atomic mass is 10.1. The molecular formula is C48H58N14O9. The SMILES string of the molecule is CC(C)(C)OC(=O)N1CC(=O)C1.CC(C)(C)OC(=O)N1CC(N2CCN(c3cc(-c4n[nH]c5ccc([N+](=O)[O-])cc45)ccn3)CC2)C1.O=[N+]([O-])c1ccc2[nH]nc(-c3ccnc(N4CCNCC4)c3)c2c1. The molecule has 0 unspecified atom stereocenters. The van der Waals surface area contributed by atoms with Gasteiger partial charge in [-0.05, 0) is 77.9 Å². The predicted octanol–water partition coefficient (Wildman–Crippen LogP) is 6.02. The molecular weight excluding hydrogens is 917 g/mol. The molecule has 10 rings (SSSR count). The van der Waals surface area contributed by atoms with Gasteiger partial charge in [-0.3, -0.25) is 45.0 Å². The Kier molecular flexibility index (Phi) is 14.4. The largest absolute Gasteiger partial charge is 0.444 e. The number of non-ortho nitro benzene ring substituents is 2. The van der Waals surface area contributed by atoms with E-state index in [1.807, 2.05) is 45.0 Å². The van der Waals surface area contributed by atoms with Crippen molar-refractivity contribution in [2.24, 2.45) is 0 Å². The minimum atomic E-state index is -0.480. The molecule has 3 N–H and O–H groups in total. The van der Waals surface area contributed by atoms with Crippen LogP contribution in [0.1, 0.15) is 41.5 Å². The van der Waals surface area contributed by atoms with E-state index < -0.39 is 27.1 Å². The highest BCUT2D eigenvalue weighted by Crippen LogP contribution is 2.33. The number of piperazine rings is 2. The van der Waals surface area contributed by atoms with Crippen molar-refractivity contribution in [3.8, 4) is 22.5 Å². The van der Waals surface area contributed by atoms with Crippen molar-refractivity contribution in [3.63, 3.8) is 0 Å². The van der Waals surface area contributed by atoms with Crippen LogP contribution in [0.5, 0.6) is 0 Å². The second-order valence-electron chi connectivity index (χ2n) is 19.6. The average molecular weight is 975 g/mol. The molecule has 4 saturated heterocycles. The molecule has 2 aromatic carbocycles. The highest BCUT2D eigenvalue weighted by molar-refractivity contribution is 5.96. The summed E-state index contributed by atoms with van der Waals surface area (Å²) in [7, 11) is 0. The predicted molar refractivity (Wildman–Crippen MR) is 265 cm³/mol. The van der Waals surface area contributed by atoms with Crippen molar-refractivity contribution < 1.29 is 33.7 Å². The fourth-order valence-corrected chi connectivity index (χ4v) is 8.36. The van der Waals surface area contributed by atoms with Crippen LogP contribution in [0.2, 0.25) is 0 Å². The van der Waals surface area contributed by atoms with Gasteiger partial charge in [0.1, 0.15) is 34.2 Å². The van der Waals surface area contributed by atoms with Gasteiger partial charge in [0.05, 0.1) is 34.0 Å². The van der Waals surface area contributed by atoms with Gasteiger partial charge < -0.3 is 29.5 Å². The van der Waals surface area contributed by atoms with Crippen LogP contribution in [0.3, 0.4) is 0 Å². The zero-order chi connectivity index (χ0) is 50.6. The number of anilines is 2. The van der Waals surface area contributed by atoms with Gasteiger partial charge in [-0.25, -0.2) is 19.6 Å². The molecule has 4 aliphatic rings. The number of Topliss-reactive ketones (excluding diaryl/α,β-unsaturated/α-hetero) is 1. The van der Waals surface area contributed by atoms with Crippen LogP contribution in [0, 0.1) is 20.2 Å². The topological polar surface area (TPSA) is 267 Å². The third-order valence-electron chi connectivity index (χ3n) is 12.0. The van der Waals surface area contributed by atoms with E-state index >= 15 is 0 Å². The molecule has 23 heteroatoms. The van der Waals surface area contributed by atoms with Crippen molar-refractivity contribution in [2.75, 3.05) is 88.3 Å².